The minimum Gasteiger partial charge on any atom is -0.369 e. The average Bonchev–Trinajstić information content (AvgIpc) is 2.99. The normalized spacial score (nSPS) is 28.1. The molecule has 2 bridgehead atoms. The van der Waals surface area contributed by atoms with Gasteiger partial charge in [0, 0.05) is 13.6 Å². The van der Waals surface area contributed by atoms with Gasteiger partial charge in [0.1, 0.15) is 5.69 Å². The fourth-order valence-electron chi connectivity index (χ4n) is 3.85. The Bertz CT molecular complexity index is 508. The summed E-state index contributed by atoms with van der Waals surface area (Å²) in [7, 11) is 1.46. The van der Waals surface area contributed by atoms with E-state index in [1.54, 1.807) is 0 Å². The molecule has 3 rings (SSSR count). The van der Waals surface area contributed by atoms with Gasteiger partial charge in [-0.05, 0) is 37.0 Å². The third kappa shape index (κ3) is 2.15. The summed E-state index contributed by atoms with van der Waals surface area (Å²) in [6, 6.07) is 0. The monoisotopic (exact) mass is 288 g/mol. The lowest BCUT2D eigenvalue weighted by atomic mass is 9.88. The summed E-state index contributed by atoms with van der Waals surface area (Å²) in [4.78, 5) is 3.86. The Labute approximate surface area is 114 Å². The molecule has 0 amide bonds. The minimum atomic E-state index is -1.60. The summed E-state index contributed by atoms with van der Waals surface area (Å²) >= 11 is 0. The first-order valence-electron chi connectivity index (χ1n) is 6.88. The average molecular weight is 288 g/mol. The maximum Gasteiger partial charge on any atom is 0.253 e. The molecule has 0 spiro atoms. The number of hydrogen-bond donors (Lipinski definition) is 0. The van der Waals surface area contributed by atoms with E-state index < -0.39 is 29.2 Å². The third-order valence-electron chi connectivity index (χ3n) is 4.75. The molecule has 0 aliphatic heterocycles. The number of fused-ring (bicyclic) bond motifs is 2. The maximum absolute atomic E-state index is 13.7. The molecule has 2 nitrogen and oxygen atoms in total. The van der Waals surface area contributed by atoms with Gasteiger partial charge < -0.3 is 4.90 Å². The quantitative estimate of drug-likeness (QED) is 0.625. The van der Waals surface area contributed by atoms with E-state index in [0.29, 0.717) is 24.3 Å². The highest BCUT2D eigenvalue weighted by Crippen LogP contribution is 2.48. The molecule has 0 N–H and O–H groups in total. The molecular weight excluding hydrogens is 272 g/mol. The van der Waals surface area contributed by atoms with E-state index in [2.05, 4.69) is 4.98 Å². The number of aromatic nitrogens is 1. The Hall–Kier alpha value is -1.33. The van der Waals surface area contributed by atoms with E-state index >= 15 is 0 Å². The number of anilines is 1. The van der Waals surface area contributed by atoms with Crippen LogP contribution < -0.4 is 4.90 Å². The minimum absolute atomic E-state index is 0.344. The third-order valence-corrected chi connectivity index (χ3v) is 4.75. The lowest BCUT2D eigenvalue weighted by Gasteiger charge is -2.28. The van der Waals surface area contributed by atoms with Gasteiger partial charge in [-0.2, -0.15) is 22.5 Å². The van der Waals surface area contributed by atoms with Gasteiger partial charge in [-0.3, -0.25) is 0 Å². The Kier molecular flexibility index (Phi) is 3.34. The van der Waals surface area contributed by atoms with Crippen LogP contribution in [-0.4, -0.2) is 18.6 Å². The summed E-state index contributed by atoms with van der Waals surface area (Å²) in [6.07, 6.45) is 4.58. The van der Waals surface area contributed by atoms with Crippen molar-refractivity contribution in [1.29, 1.82) is 0 Å². The Morgan fingerprint density at radius 1 is 1.05 bits per heavy atom. The van der Waals surface area contributed by atoms with Crippen LogP contribution in [-0.2, 0) is 0 Å². The van der Waals surface area contributed by atoms with Crippen LogP contribution in [0.15, 0.2) is 0 Å². The lowest BCUT2D eigenvalue weighted by Crippen LogP contribution is -2.30. The molecular formula is C14H16F4N2. The molecule has 2 fully saturated rings. The Morgan fingerprint density at radius 3 is 2.20 bits per heavy atom. The largest absolute Gasteiger partial charge is 0.369 e. The molecule has 0 radical (unpaired) electrons. The van der Waals surface area contributed by atoms with Gasteiger partial charge in [0.25, 0.3) is 11.9 Å². The van der Waals surface area contributed by atoms with E-state index in [-0.39, 0.29) is 0 Å². The van der Waals surface area contributed by atoms with Gasteiger partial charge in [-0.15, -0.1) is 0 Å². The van der Waals surface area contributed by atoms with Gasteiger partial charge in [0.15, 0.2) is 0 Å². The molecule has 2 saturated carbocycles. The van der Waals surface area contributed by atoms with E-state index in [0.717, 1.165) is 12.8 Å². The van der Waals surface area contributed by atoms with Gasteiger partial charge in [0.05, 0.1) is 0 Å². The van der Waals surface area contributed by atoms with E-state index in [4.69, 9.17) is 0 Å². The molecule has 0 aromatic carbocycles. The van der Waals surface area contributed by atoms with Gasteiger partial charge in [-0.25, -0.2) is 0 Å². The molecule has 3 unspecified atom stereocenters. The van der Waals surface area contributed by atoms with E-state index in [1.165, 1.54) is 24.8 Å². The summed E-state index contributed by atoms with van der Waals surface area (Å²) in [6.45, 7) is 0.415. The molecule has 2 aliphatic carbocycles. The summed E-state index contributed by atoms with van der Waals surface area (Å²) < 4.78 is 53.6. The molecule has 20 heavy (non-hydrogen) atoms. The number of nitrogens with zero attached hydrogens (tertiary/aromatic N) is 2. The van der Waals surface area contributed by atoms with Crippen molar-refractivity contribution >= 4 is 5.69 Å². The maximum atomic E-state index is 13.7. The van der Waals surface area contributed by atoms with Gasteiger partial charge >= 0.3 is 0 Å². The van der Waals surface area contributed by atoms with Crippen LogP contribution in [0, 0.1) is 41.3 Å². The van der Waals surface area contributed by atoms with Crippen molar-refractivity contribution in [3.8, 4) is 0 Å². The zero-order valence-electron chi connectivity index (χ0n) is 11.2. The van der Waals surface area contributed by atoms with Crippen LogP contribution >= 0.6 is 0 Å². The van der Waals surface area contributed by atoms with Gasteiger partial charge in [-0.1, -0.05) is 6.42 Å². The molecule has 2 aliphatic rings. The van der Waals surface area contributed by atoms with Crippen LogP contribution in [0.25, 0.3) is 0 Å². The number of hydrogen-bond acceptors (Lipinski definition) is 2. The van der Waals surface area contributed by atoms with Crippen molar-refractivity contribution in [2.45, 2.75) is 25.7 Å². The van der Waals surface area contributed by atoms with E-state index in [9.17, 15) is 17.6 Å². The molecule has 6 heteroatoms. The summed E-state index contributed by atoms with van der Waals surface area (Å²) in [5.74, 6) is -4.41. The Balaban J connectivity index is 1.82. The fourth-order valence-corrected chi connectivity index (χ4v) is 3.85. The standard InChI is InChI=1S/C14H16F4N2/c1-20(6-9-5-7-2-3-8(9)4-7)12-10(15)13(17)19-14(18)11(12)16/h7-9H,2-6H2,1H3. The fraction of sp³-hybridized carbons (Fsp3) is 0.643. The molecule has 1 heterocycles. The first kappa shape index (κ1) is 13.6. The second-order valence-corrected chi connectivity index (χ2v) is 5.99. The highest BCUT2D eigenvalue weighted by atomic mass is 19.2. The second kappa shape index (κ2) is 4.90. The van der Waals surface area contributed by atoms with Crippen molar-refractivity contribution in [2.75, 3.05) is 18.5 Å². The lowest BCUT2D eigenvalue weighted by molar-refractivity contribution is 0.333. The number of pyridine rings is 1. The summed E-state index contributed by atoms with van der Waals surface area (Å²) in [5, 5.41) is 0. The Morgan fingerprint density at radius 2 is 1.70 bits per heavy atom. The first-order valence-corrected chi connectivity index (χ1v) is 6.88. The highest BCUT2D eigenvalue weighted by Gasteiger charge is 2.40. The smallest absolute Gasteiger partial charge is 0.253 e. The first-order chi connectivity index (χ1) is 9.47. The predicted molar refractivity (Wildman–Crippen MR) is 66.3 cm³/mol. The van der Waals surface area contributed by atoms with E-state index in [1.807, 2.05) is 0 Å². The van der Waals surface area contributed by atoms with Crippen LogP contribution in [0.3, 0.4) is 0 Å². The predicted octanol–water partition coefficient (Wildman–Crippen LogP) is 3.51. The van der Waals surface area contributed by atoms with Crippen molar-refractivity contribution < 1.29 is 17.6 Å². The second-order valence-electron chi connectivity index (χ2n) is 5.99. The zero-order chi connectivity index (χ0) is 14.4. The van der Waals surface area contributed by atoms with Crippen LogP contribution in [0.5, 0.6) is 0 Å². The topological polar surface area (TPSA) is 16.1 Å². The van der Waals surface area contributed by atoms with Crippen LogP contribution in [0.4, 0.5) is 23.2 Å². The SMILES string of the molecule is CN(CC1CC2CCC1C2)c1c(F)c(F)nc(F)c1F. The van der Waals surface area contributed by atoms with Crippen molar-refractivity contribution in [3.63, 3.8) is 0 Å². The van der Waals surface area contributed by atoms with Crippen molar-refractivity contribution in [1.82, 2.24) is 4.98 Å². The molecule has 110 valence electrons. The van der Waals surface area contributed by atoms with Crippen LogP contribution in [0.2, 0.25) is 0 Å². The molecule has 1 aromatic heterocycles. The molecule has 0 saturated heterocycles. The van der Waals surface area contributed by atoms with Crippen molar-refractivity contribution in [3.05, 3.63) is 23.5 Å². The molecule has 1 aromatic rings. The van der Waals surface area contributed by atoms with Crippen molar-refractivity contribution in [2.24, 2.45) is 17.8 Å². The number of rotatable bonds is 3. The summed E-state index contributed by atoms with van der Waals surface area (Å²) in [5.41, 5.74) is -0.655. The number of halogens is 4. The highest BCUT2D eigenvalue weighted by molar-refractivity contribution is 5.47. The van der Waals surface area contributed by atoms with Gasteiger partial charge in [0.2, 0.25) is 11.6 Å². The zero-order valence-corrected chi connectivity index (χ0v) is 11.2. The molecule has 3 atom stereocenters. The van der Waals surface area contributed by atoms with Crippen LogP contribution in [0.1, 0.15) is 25.7 Å².